The molecule has 0 N–H and O–H groups in total. The quantitative estimate of drug-likeness (QED) is 0.549. The first-order chi connectivity index (χ1) is 8.99. The molecule has 1 aliphatic heterocycles. The first-order valence-electron chi connectivity index (χ1n) is 5.79. The van der Waals surface area contributed by atoms with Crippen LogP contribution in [0.3, 0.4) is 0 Å². The van der Waals surface area contributed by atoms with E-state index < -0.39 is 17.1 Å². The summed E-state index contributed by atoms with van der Waals surface area (Å²) in [5, 5.41) is 20.0. The average molecular weight is 264 g/mol. The van der Waals surface area contributed by atoms with E-state index in [1.807, 2.05) is 6.07 Å². The molecule has 0 saturated heterocycles. The van der Waals surface area contributed by atoms with Gasteiger partial charge in [-0.1, -0.05) is 0 Å². The van der Waals surface area contributed by atoms with E-state index in [4.69, 9.17) is 10.00 Å². The molecule has 0 spiro atoms. The molecule has 1 aliphatic rings. The van der Waals surface area contributed by atoms with Gasteiger partial charge in [0, 0.05) is 33.0 Å². The average Bonchev–Trinajstić information content (AvgIpc) is 2.36. The van der Waals surface area contributed by atoms with Crippen molar-refractivity contribution < 1.29 is 9.66 Å². The summed E-state index contributed by atoms with van der Waals surface area (Å²) in [7, 11) is 3.60. The molecule has 2 unspecified atom stereocenters. The van der Waals surface area contributed by atoms with Gasteiger partial charge in [-0.3, -0.25) is 10.1 Å². The SMILES string of the molecule is CCOC1N=C(/C=C/N(C)C)C([N+](=O)[O-])=CC1C#N. The molecule has 0 bridgehead atoms. The molecule has 0 saturated carbocycles. The van der Waals surface area contributed by atoms with Crippen molar-refractivity contribution in [2.24, 2.45) is 10.9 Å². The van der Waals surface area contributed by atoms with Gasteiger partial charge in [-0.25, -0.2) is 4.99 Å². The van der Waals surface area contributed by atoms with Crippen LogP contribution in [-0.2, 0) is 4.74 Å². The van der Waals surface area contributed by atoms with Crippen molar-refractivity contribution in [3.05, 3.63) is 34.2 Å². The van der Waals surface area contributed by atoms with Gasteiger partial charge in [-0.05, 0) is 13.0 Å². The minimum atomic E-state index is -0.739. The summed E-state index contributed by atoms with van der Waals surface area (Å²) in [5.74, 6) is -0.739. The van der Waals surface area contributed by atoms with E-state index in [-0.39, 0.29) is 11.4 Å². The Balaban J connectivity index is 3.11. The zero-order valence-corrected chi connectivity index (χ0v) is 11.1. The molecule has 1 rings (SSSR count). The van der Waals surface area contributed by atoms with Crippen LogP contribution in [0.25, 0.3) is 0 Å². The van der Waals surface area contributed by atoms with Crippen molar-refractivity contribution >= 4 is 5.71 Å². The molecule has 0 fully saturated rings. The zero-order chi connectivity index (χ0) is 14.4. The highest BCUT2D eigenvalue weighted by atomic mass is 16.6. The van der Waals surface area contributed by atoms with Gasteiger partial charge in [-0.2, -0.15) is 5.26 Å². The van der Waals surface area contributed by atoms with E-state index in [1.54, 1.807) is 32.1 Å². The number of hydrogen-bond donors (Lipinski definition) is 0. The van der Waals surface area contributed by atoms with E-state index in [0.717, 1.165) is 0 Å². The van der Waals surface area contributed by atoms with E-state index in [2.05, 4.69) is 4.99 Å². The van der Waals surface area contributed by atoms with Crippen LogP contribution in [0.1, 0.15) is 6.92 Å². The van der Waals surface area contributed by atoms with E-state index in [1.165, 1.54) is 12.2 Å². The van der Waals surface area contributed by atoms with Gasteiger partial charge >= 0.3 is 0 Å². The van der Waals surface area contributed by atoms with Crippen LogP contribution in [0.4, 0.5) is 0 Å². The van der Waals surface area contributed by atoms with Crippen LogP contribution in [0.5, 0.6) is 0 Å². The lowest BCUT2D eigenvalue weighted by molar-refractivity contribution is -0.415. The fourth-order valence-electron chi connectivity index (χ4n) is 1.54. The summed E-state index contributed by atoms with van der Waals surface area (Å²) in [4.78, 5) is 16.3. The Hall–Kier alpha value is -2.20. The van der Waals surface area contributed by atoms with Crippen LogP contribution in [0.15, 0.2) is 29.0 Å². The van der Waals surface area contributed by atoms with Crippen LogP contribution in [0, 0.1) is 27.4 Å². The molecule has 0 amide bonds. The van der Waals surface area contributed by atoms with Gasteiger partial charge in [0.2, 0.25) is 0 Å². The fourth-order valence-corrected chi connectivity index (χ4v) is 1.54. The van der Waals surface area contributed by atoms with Gasteiger partial charge < -0.3 is 9.64 Å². The number of nitriles is 1. The Kier molecular flexibility index (Phi) is 5.21. The third-order valence-corrected chi connectivity index (χ3v) is 2.39. The van der Waals surface area contributed by atoms with Crippen molar-refractivity contribution in [2.45, 2.75) is 13.2 Å². The maximum atomic E-state index is 11.0. The van der Waals surface area contributed by atoms with Gasteiger partial charge in [0.15, 0.2) is 6.23 Å². The Morgan fingerprint density at radius 2 is 2.37 bits per heavy atom. The van der Waals surface area contributed by atoms with Gasteiger partial charge in [-0.15, -0.1) is 0 Å². The highest BCUT2D eigenvalue weighted by molar-refractivity contribution is 6.07. The van der Waals surface area contributed by atoms with Gasteiger partial charge in [0.1, 0.15) is 11.6 Å². The number of rotatable bonds is 5. The van der Waals surface area contributed by atoms with E-state index in [9.17, 15) is 10.1 Å². The second-order valence-electron chi connectivity index (χ2n) is 4.10. The summed E-state index contributed by atoms with van der Waals surface area (Å²) in [6.45, 7) is 2.17. The highest BCUT2D eigenvalue weighted by Crippen LogP contribution is 2.21. The van der Waals surface area contributed by atoms with Crippen molar-refractivity contribution in [2.75, 3.05) is 20.7 Å². The van der Waals surface area contributed by atoms with Crippen LogP contribution < -0.4 is 0 Å². The highest BCUT2D eigenvalue weighted by Gasteiger charge is 2.31. The summed E-state index contributed by atoms with van der Waals surface area (Å²) in [6.07, 6.45) is 3.79. The number of aliphatic imine (C=N–C) groups is 1. The topological polar surface area (TPSA) is 91.8 Å². The molecule has 0 radical (unpaired) electrons. The lowest BCUT2D eigenvalue weighted by Crippen LogP contribution is -2.28. The van der Waals surface area contributed by atoms with Crippen molar-refractivity contribution in [3.8, 4) is 6.07 Å². The first-order valence-corrected chi connectivity index (χ1v) is 5.79. The molecule has 0 aromatic carbocycles. The summed E-state index contributed by atoms with van der Waals surface area (Å²) >= 11 is 0. The van der Waals surface area contributed by atoms with Crippen molar-refractivity contribution in [1.82, 2.24) is 4.90 Å². The zero-order valence-electron chi connectivity index (χ0n) is 11.1. The van der Waals surface area contributed by atoms with Crippen LogP contribution in [-0.4, -0.2) is 42.5 Å². The summed E-state index contributed by atoms with van der Waals surface area (Å²) in [6, 6.07) is 1.96. The second kappa shape index (κ2) is 6.66. The predicted octanol–water partition coefficient (Wildman–Crippen LogP) is 1.18. The maximum Gasteiger partial charge on any atom is 0.292 e. The standard InChI is InChI=1S/C12H16N4O3/c1-4-19-12-9(8-13)7-11(16(17)18)10(14-12)5-6-15(2)3/h5-7,9,12H,4H2,1-3H3/b6-5+. The van der Waals surface area contributed by atoms with Gasteiger partial charge in [0.25, 0.3) is 5.70 Å². The normalized spacial score (nSPS) is 22.6. The van der Waals surface area contributed by atoms with Crippen molar-refractivity contribution in [3.63, 3.8) is 0 Å². The molecule has 7 heteroatoms. The van der Waals surface area contributed by atoms with E-state index >= 15 is 0 Å². The molecule has 1 heterocycles. The van der Waals surface area contributed by atoms with Crippen LogP contribution >= 0.6 is 0 Å². The molecule has 0 aliphatic carbocycles. The molecule has 7 nitrogen and oxygen atoms in total. The third-order valence-electron chi connectivity index (χ3n) is 2.39. The Morgan fingerprint density at radius 1 is 1.68 bits per heavy atom. The van der Waals surface area contributed by atoms with E-state index in [0.29, 0.717) is 6.61 Å². The number of nitrogens with zero attached hydrogens (tertiary/aromatic N) is 4. The monoisotopic (exact) mass is 264 g/mol. The lowest BCUT2D eigenvalue weighted by Gasteiger charge is -2.20. The largest absolute Gasteiger partial charge is 0.383 e. The minimum absolute atomic E-state index is 0.166. The lowest BCUT2D eigenvalue weighted by atomic mass is 10.0. The number of hydrogen-bond acceptors (Lipinski definition) is 6. The fraction of sp³-hybridized carbons (Fsp3) is 0.500. The van der Waals surface area contributed by atoms with Crippen molar-refractivity contribution in [1.29, 1.82) is 5.26 Å². The maximum absolute atomic E-state index is 11.0. The second-order valence-corrected chi connectivity index (χ2v) is 4.10. The molecular formula is C12H16N4O3. The predicted molar refractivity (Wildman–Crippen MR) is 69.9 cm³/mol. The Morgan fingerprint density at radius 3 is 2.84 bits per heavy atom. The number of allylic oxidation sites excluding steroid dienone is 1. The summed E-state index contributed by atoms with van der Waals surface area (Å²) in [5.41, 5.74) is 0.0456. The Bertz CT molecular complexity index is 474. The molecular weight excluding hydrogens is 248 g/mol. The first kappa shape index (κ1) is 14.9. The summed E-state index contributed by atoms with van der Waals surface area (Å²) < 4.78 is 5.33. The molecule has 0 aromatic heterocycles. The molecule has 0 aromatic rings. The number of nitro groups is 1. The number of ether oxygens (including phenoxy) is 1. The third kappa shape index (κ3) is 3.89. The molecule has 102 valence electrons. The Labute approximate surface area is 111 Å². The smallest absolute Gasteiger partial charge is 0.292 e. The molecule has 19 heavy (non-hydrogen) atoms. The molecule has 2 atom stereocenters. The van der Waals surface area contributed by atoms with Crippen LogP contribution in [0.2, 0.25) is 0 Å². The minimum Gasteiger partial charge on any atom is -0.383 e. The van der Waals surface area contributed by atoms with Gasteiger partial charge in [0.05, 0.1) is 11.0 Å². The number of dihydropyridines is 1.